The van der Waals surface area contributed by atoms with E-state index >= 15 is 0 Å². The van der Waals surface area contributed by atoms with Gasteiger partial charge in [0.15, 0.2) is 6.29 Å². The molecule has 0 bridgehead atoms. The fraction of sp³-hybridized carbons (Fsp3) is 0.949. The second-order valence-electron chi connectivity index (χ2n) is 21.1. The maximum atomic E-state index is 13.0. The average molecular weight is 967 g/mol. The van der Waals surface area contributed by atoms with Gasteiger partial charge in [-0.3, -0.25) is 4.79 Å². The highest BCUT2D eigenvalue weighted by atomic mass is 16.7. The van der Waals surface area contributed by atoms with Crippen molar-refractivity contribution in [3.8, 4) is 0 Å². The standard InChI is InChI=1S/C59H115NO8/c1-3-5-7-9-11-13-15-16-17-18-19-20-21-22-23-24-25-26-27-28-29-30-31-32-33-34-35-36-37-38-39-41-43-45-47-49-55(63)60-52(51-67-59-58(66)57(65)56(64)54(50-61)68-59)53(62)48-46-44-42-40-14-12-10-8-6-4-2/h24-25,52-54,56-59,61-62,64-66H,3-23,26-51H2,1-2H3,(H,60,63)/b25-24-. The van der Waals surface area contributed by atoms with Gasteiger partial charge in [0.2, 0.25) is 5.91 Å². The average Bonchev–Trinajstić information content (AvgIpc) is 3.34. The predicted molar refractivity (Wildman–Crippen MR) is 286 cm³/mol. The quantitative estimate of drug-likeness (QED) is 0.0261. The highest BCUT2D eigenvalue weighted by Gasteiger charge is 2.44. The Morgan fingerprint density at radius 3 is 1.19 bits per heavy atom. The van der Waals surface area contributed by atoms with E-state index in [-0.39, 0.29) is 12.5 Å². The second kappa shape index (κ2) is 49.5. The largest absolute Gasteiger partial charge is 0.394 e. The number of carbonyl (C=O) groups is 1. The third-order valence-corrected chi connectivity index (χ3v) is 14.6. The van der Waals surface area contributed by atoms with Crippen molar-refractivity contribution in [2.75, 3.05) is 13.2 Å². The van der Waals surface area contributed by atoms with Crippen LogP contribution in [0.1, 0.15) is 303 Å². The number of unbranched alkanes of at least 4 members (excludes halogenated alkanes) is 40. The van der Waals surface area contributed by atoms with E-state index in [0.29, 0.717) is 12.8 Å². The molecule has 0 spiro atoms. The monoisotopic (exact) mass is 966 g/mol. The molecule has 1 rings (SSSR count). The maximum absolute atomic E-state index is 13.0. The lowest BCUT2D eigenvalue weighted by Gasteiger charge is -2.40. The Kier molecular flexibility index (Phi) is 47.3. The smallest absolute Gasteiger partial charge is 0.220 e. The zero-order valence-corrected chi connectivity index (χ0v) is 44.9. The van der Waals surface area contributed by atoms with Crippen molar-refractivity contribution < 1.29 is 39.8 Å². The lowest BCUT2D eigenvalue weighted by atomic mass is 9.99. The van der Waals surface area contributed by atoms with Crippen LogP contribution in [0.2, 0.25) is 0 Å². The third-order valence-electron chi connectivity index (χ3n) is 14.6. The highest BCUT2D eigenvalue weighted by Crippen LogP contribution is 2.23. The van der Waals surface area contributed by atoms with Crippen LogP contribution >= 0.6 is 0 Å². The molecule has 0 aromatic carbocycles. The summed E-state index contributed by atoms with van der Waals surface area (Å²) < 4.78 is 11.3. The molecule has 404 valence electrons. The molecule has 1 fully saturated rings. The fourth-order valence-corrected chi connectivity index (χ4v) is 9.87. The summed E-state index contributed by atoms with van der Waals surface area (Å²) in [7, 11) is 0. The normalized spacial score (nSPS) is 19.5. The summed E-state index contributed by atoms with van der Waals surface area (Å²) in [5.41, 5.74) is 0. The van der Waals surface area contributed by atoms with Gasteiger partial charge in [-0.05, 0) is 38.5 Å². The van der Waals surface area contributed by atoms with Gasteiger partial charge in [0.05, 0.1) is 25.4 Å². The molecular formula is C59H115NO8. The van der Waals surface area contributed by atoms with Gasteiger partial charge in [0.25, 0.3) is 0 Å². The minimum atomic E-state index is -1.55. The van der Waals surface area contributed by atoms with Crippen molar-refractivity contribution in [1.82, 2.24) is 5.32 Å². The first kappa shape index (κ1) is 64.9. The highest BCUT2D eigenvalue weighted by molar-refractivity contribution is 5.76. The Bertz CT molecular complexity index is 1080. The van der Waals surface area contributed by atoms with E-state index in [4.69, 9.17) is 9.47 Å². The number of hydrogen-bond donors (Lipinski definition) is 6. The number of amides is 1. The van der Waals surface area contributed by atoms with Crippen molar-refractivity contribution in [3.05, 3.63) is 12.2 Å². The van der Waals surface area contributed by atoms with Gasteiger partial charge in [-0.25, -0.2) is 0 Å². The zero-order chi connectivity index (χ0) is 49.4. The molecule has 9 nitrogen and oxygen atoms in total. The summed E-state index contributed by atoms with van der Waals surface area (Å²) in [4.78, 5) is 13.0. The lowest BCUT2D eigenvalue weighted by Crippen LogP contribution is -2.60. The number of aliphatic hydroxyl groups excluding tert-OH is 5. The van der Waals surface area contributed by atoms with Gasteiger partial charge in [0.1, 0.15) is 24.4 Å². The van der Waals surface area contributed by atoms with Crippen LogP contribution in [-0.2, 0) is 14.3 Å². The molecule has 0 aromatic heterocycles. The van der Waals surface area contributed by atoms with Crippen LogP contribution < -0.4 is 5.32 Å². The summed E-state index contributed by atoms with van der Waals surface area (Å²) in [5.74, 6) is -0.141. The molecule has 1 amide bonds. The van der Waals surface area contributed by atoms with Crippen LogP contribution in [0.4, 0.5) is 0 Å². The van der Waals surface area contributed by atoms with Gasteiger partial charge in [-0.2, -0.15) is 0 Å². The minimum Gasteiger partial charge on any atom is -0.394 e. The summed E-state index contributed by atoms with van der Waals surface area (Å²) in [6.45, 7) is 3.85. The maximum Gasteiger partial charge on any atom is 0.220 e. The first-order valence-corrected chi connectivity index (χ1v) is 29.9. The number of carbonyl (C=O) groups excluding carboxylic acids is 1. The SMILES string of the molecule is CCCCCCCCCCCCCCCC/C=C\CCCCCCCCCCCCCCCCCCCC(=O)NC(COC1OC(CO)C(O)C(O)C1O)C(O)CCCCCCCCCCCC. The van der Waals surface area contributed by atoms with Gasteiger partial charge in [-0.1, -0.05) is 270 Å². The van der Waals surface area contributed by atoms with Crippen molar-refractivity contribution in [3.63, 3.8) is 0 Å². The van der Waals surface area contributed by atoms with Gasteiger partial charge >= 0.3 is 0 Å². The molecule has 1 heterocycles. The first-order valence-electron chi connectivity index (χ1n) is 29.9. The topological polar surface area (TPSA) is 149 Å². The number of ether oxygens (including phenoxy) is 2. The summed E-state index contributed by atoms with van der Waals surface area (Å²) in [5, 5.41) is 54.4. The Morgan fingerprint density at radius 2 is 0.824 bits per heavy atom. The molecule has 0 aliphatic carbocycles. The molecule has 7 unspecified atom stereocenters. The van der Waals surface area contributed by atoms with E-state index in [2.05, 4.69) is 31.3 Å². The van der Waals surface area contributed by atoms with Crippen molar-refractivity contribution >= 4 is 5.91 Å². The molecule has 0 aromatic rings. The van der Waals surface area contributed by atoms with Crippen molar-refractivity contribution in [2.24, 2.45) is 0 Å². The molecule has 1 saturated heterocycles. The lowest BCUT2D eigenvalue weighted by molar-refractivity contribution is -0.302. The molecule has 6 N–H and O–H groups in total. The fourth-order valence-electron chi connectivity index (χ4n) is 9.87. The third kappa shape index (κ3) is 38.6. The van der Waals surface area contributed by atoms with Crippen LogP contribution in [-0.4, -0.2) is 87.5 Å². The van der Waals surface area contributed by atoms with E-state index in [9.17, 15) is 30.3 Å². The van der Waals surface area contributed by atoms with Crippen LogP contribution in [0.3, 0.4) is 0 Å². The van der Waals surface area contributed by atoms with E-state index in [1.54, 1.807) is 0 Å². The van der Waals surface area contributed by atoms with E-state index in [1.165, 1.54) is 238 Å². The number of allylic oxidation sites excluding steroid dienone is 2. The second-order valence-corrected chi connectivity index (χ2v) is 21.1. The van der Waals surface area contributed by atoms with Gasteiger partial charge in [-0.15, -0.1) is 0 Å². The van der Waals surface area contributed by atoms with Crippen molar-refractivity contribution in [2.45, 2.75) is 346 Å². The Morgan fingerprint density at radius 1 is 0.485 bits per heavy atom. The molecule has 7 atom stereocenters. The van der Waals surface area contributed by atoms with Crippen molar-refractivity contribution in [1.29, 1.82) is 0 Å². The Hall–Kier alpha value is -1.07. The number of aliphatic hydroxyl groups is 5. The molecule has 68 heavy (non-hydrogen) atoms. The summed E-state index contributed by atoms with van der Waals surface area (Å²) in [6, 6.07) is -0.713. The minimum absolute atomic E-state index is 0.134. The summed E-state index contributed by atoms with van der Waals surface area (Å²) >= 11 is 0. The molecule has 1 aliphatic rings. The summed E-state index contributed by atoms with van der Waals surface area (Å²) in [6.07, 6.45) is 54.3. The Labute approximate surface area is 420 Å². The van der Waals surface area contributed by atoms with Crippen LogP contribution in [0, 0.1) is 0 Å². The Balaban J connectivity index is 2.02. The molecule has 1 aliphatic heterocycles. The number of rotatable bonds is 52. The zero-order valence-electron chi connectivity index (χ0n) is 44.9. The molecule has 0 radical (unpaired) electrons. The van der Waals surface area contributed by atoms with Gasteiger partial charge in [0, 0.05) is 6.42 Å². The first-order chi connectivity index (χ1) is 33.3. The molecular weight excluding hydrogens is 851 g/mol. The van der Waals surface area contributed by atoms with E-state index in [0.717, 1.165) is 38.5 Å². The molecule has 0 saturated carbocycles. The van der Waals surface area contributed by atoms with Crippen LogP contribution in [0.15, 0.2) is 12.2 Å². The number of nitrogens with one attached hydrogen (secondary N) is 1. The van der Waals surface area contributed by atoms with Crippen LogP contribution in [0.5, 0.6) is 0 Å². The van der Waals surface area contributed by atoms with Crippen LogP contribution in [0.25, 0.3) is 0 Å². The predicted octanol–water partition coefficient (Wildman–Crippen LogP) is 14.8. The number of hydrogen-bond acceptors (Lipinski definition) is 8. The van der Waals surface area contributed by atoms with E-state index < -0.39 is 49.5 Å². The van der Waals surface area contributed by atoms with Gasteiger partial charge < -0.3 is 40.3 Å². The van der Waals surface area contributed by atoms with E-state index in [1.807, 2.05) is 0 Å². The molecule has 9 heteroatoms.